The van der Waals surface area contributed by atoms with E-state index in [1.54, 1.807) is 36.3 Å². The molecule has 0 bridgehead atoms. The van der Waals surface area contributed by atoms with E-state index in [2.05, 4.69) is 14.4 Å². The van der Waals surface area contributed by atoms with Crippen molar-refractivity contribution in [2.75, 3.05) is 18.6 Å². The van der Waals surface area contributed by atoms with E-state index in [4.69, 9.17) is 27.6 Å². The Kier molecular flexibility index (Phi) is 5.18. The zero-order valence-electron chi connectivity index (χ0n) is 17.8. The third kappa shape index (κ3) is 3.65. The van der Waals surface area contributed by atoms with Crippen molar-refractivity contribution in [3.05, 3.63) is 59.2 Å². The second-order valence-corrected chi connectivity index (χ2v) is 9.01. The van der Waals surface area contributed by atoms with Crippen molar-refractivity contribution >= 4 is 40.1 Å². The number of methoxy groups -OCH3 is 1. The van der Waals surface area contributed by atoms with E-state index in [0.29, 0.717) is 34.6 Å². The number of amides is 1. The summed E-state index contributed by atoms with van der Waals surface area (Å²) >= 11 is 6.39. The number of imidazole rings is 1. The molecule has 1 amide bonds. The summed E-state index contributed by atoms with van der Waals surface area (Å²) in [6.07, 6.45) is 5.12. The monoisotopic (exact) mass is 450 g/mol. The Labute approximate surface area is 191 Å². The van der Waals surface area contributed by atoms with Gasteiger partial charge in [-0.25, -0.2) is 14.6 Å². The number of halogens is 1. The first-order valence-electron chi connectivity index (χ1n) is 10.7. The molecule has 0 unspecified atom stereocenters. The fraction of sp³-hybridized carbons (Fsp3) is 0.375. The maximum absolute atomic E-state index is 12.8. The van der Waals surface area contributed by atoms with Crippen LogP contribution in [0.3, 0.4) is 0 Å². The molecule has 0 N–H and O–H groups in total. The van der Waals surface area contributed by atoms with Crippen LogP contribution in [0.1, 0.15) is 25.7 Å². The van der Waals surface area contributed by atoms with E-state index in [9.17, 15) is 4.79 Å². The van der Waals surface area contributed by atoms with Crippen LogP contribution in [0.4, 0.5) is 16.2 Å². The maximum Gasteiger partial charge on any atom is 0.415 e. The van der Waals surface area contributed by atoms with Gasteiger partial charge in [-0.2, -0.15) is 0 Å². The summed E-state index contributed by atoms with van der Waals surface area (Å²) in [6, 6.07) is 10.8. The molecule has 32 heavy (non-hydrogen) atoms. The SMILES string of the molecule is [C-]#[N+]c1ccc2ncn(C[C@H]3CCC[C@]4(C3)CN(c3cc(OC)ccc3Cl)C(=O)O4)c2c1. The van der Waals surface area contributed by atoms with Crippen LogP contribution in [-0.2, 0) is 11.3 Å². The van der Waals surface area contributed by atoms with Crippen molar-refractivity contribution in [2.24, 2.45) is 5.92 Å². The molecule has 2 fully saturated rings. The molecule has 5 rings (SSSR count). The van der Waals surface area contributed by atoms with Crippen molar-refractivity contribution in [1.29, 1.82) is 0 Å². The fourth-order valence-electron chi connectivity index (χ4n) is 5.01. The largest absolute Gasteiger partial charge is 0.497 e. The van der Waals surface area contributed by atoms with Gasteiger partial charge in [0.1, 0.15) is 11.4 Å². The highest BCUT2D eigenvalue weighted by Gasteiger charge is 2.48. The highest BCUT2D eigenvalue weighted by atomic mass is 35.5. The molecular formula is C24H23ClN4O3. The number of nitrogens with zero attached hydrogens (tertiary/aromatic N) is 4. The molecule has 1 aromatic heterocycles. The number of rotatable bonds is 4. The number of hydrogen-bond donors (Lipinski definition) is 0. The molecule has 1 aliphatic carbocycles. The predicted octanol–water partition coefficient (Wildman–Crippen LogP) is 5.83. The van der Waals surface area contributed by atoms with Crippen LogP contribution in [0.15, 0.2) is 42.7 Å². The van der Waals surface area contributed by atoms with Crippen LogP contribution >= 0.6 is 11.6 Å². The molecule has 2 atom stereocenters. The third-order valence-corrected chi connectivity index (χ3v) is 6.83. The summed E-state index contributed by atoms with van der Waals surface area (Å²) in [6.45, 7) is 8.53. The lowest BCUT2D eigenvalue weighted by molar-refractivity contribution is 0.00439. The van der Waals surface area contributed by atoms with Crippen LogP contribution in [0.25, 0.3) is 15.9 Å². The zero-order chi connectivity index (χ0) is 22.3. The Morgan fingerprint density at radius 2 is 2.22 bits per heavy atom. The molecule has 1 saturated carbocycles. The molecule has 2 heterocycles. The molecule has 2 aromatic carbocycles. The van der Waals surface area contributed by atoms with Crippen LogP contribution in [0.5, 0.6) is 5.75 Å². The number of ether oxygens (including phenoxy) is 2. The van der Waals surface area contributed by atoms with Crippen molar-refractivity contribution < 1.29 is 14.3 Å². The number of hydrogen-bond acceptors (Lipinski definition) is 4. The Hall–Kier alpha value is -3.24. The Balaban J connectivity index is 1.36. The predicted molar refractivity (Wildman–Crippen MR) is 123 cm³/mol. The molecule has 3 aromatic rings. The topological polar surface area (TPSA) is 61.0 Å². The molecular weight excluding hydrogens is 428 g/mol. The second kappa shape index (κ2) is 8.03. The second-order valence-electron chi connectivity index (χ2n) is 8.60. The zero-order valence-corrected chi connectivity index (χ0v) is 18.5. The summed E-state index contributed by atoms with van der Waals surface area (Å²) < 4.78 is 13.4. The minimum Gasteiger partial charge on any atom is -0.497 e. The van der Waals surface area contributed by atoms with Crippen LogP contribution in [0.2, 0.25) is 5.02 Å². The normalized spacial score (nSPS) is 22.8. The van der Waals surface area contributed by atoms with Gasteiger partial charge in [-0.05, 0) is 55.9 Å². The molecule has 1 aliphatic heterocycles. The van der Waals surface area contributed by atoms with Gasteiger partial charge in [0, 0.05) is 12.6 Å². The van der Waals surface area contributed by atoms with Crippen molar-refractivity contribution in [3.8, 4) is 5.75 Å². The fourth-order valence-corrected chi connectivity index (χ4v) is 5.23. The van der Waals surface area contributed by atoms with Crippen LogP contribution in [0, 0.1) is 12.5 Å². The number of anilines is 1. The van der Waals surface area contributed by atoms with E-state index in [1.165, 1.54) is 0 Å². The van der Waals surface area contributed by atoms with Gasteiger partial charge in [0.15, 0.2) is 5.69 Å². The van der Waals surface area contributed by atoms with Gasteiger partial charge in [-0.3, -0.25) is 4.90 Å². The summed E-state index contributed by atoms with van der Waals surface area (Å²) in [5, 5.41) is 0.493. The first-order valence-corrected chi connectivity index (χ1v) is 11.0. The number of carbonyl (C=O) groups is 1. The molecule has 164 valence electrons. The summed E-state index contributed by atoms with van der Waals surface area (Å²) in [4.78, 5) is 22.5. The third-order valence-electron chi connectivity index (χ3n) is 6.51. The molecule has 8 heteroatoms. The lowest BCUT2D eigenvalue weighted by Crippen LogP contribution is -2.40. The van der Waals surface area contributed by atoms with Gasteiger partial charge in [-0.15, -0.1) is 0 Å². The average Bonchev–Trinajstić information content (AvgIpc) is 3.34. The molecule has 2 aliphatic rings. The highest BCUT2D eigenvalue weighted by Crippen LogP contribution is 2.43. The number of aromatic nitrogens is 2. The van der Waals surface area contributed by atoms with E-state index in [-0.39, 0.29) is 6.09 Å². The number of carbonyl (C=O) groups excluding carboxylic acids is 1. The van der Waals surface area contributed by atoms with Crippen LogP contribution in [-0.4, -0.2) is 34.9 Å². The van der Waals surface area contributed by atoms with E-state index >= 15 is 0 Å². The summed E-state index contributed by atoms with van der Waals surface area (Å²) in [5.74, 6) is 0.983. The number of fused-ring (bicyclic) bond motifs is 1. The highest BCUT2D eigenvalue weighted by molar-refractivity contribution is 6.33. The van der Waals surface area contributed by atoms with Gasteiger partial charge in [-0.1, -0.05) is 17.7 Å². The molecule has 1 spiro atoms. The van der Waals surface area contributed by atoms with Gasteiger partial charge in [0.2, 0.25) is 0 Å². The van der Waals surface area contributed by atoms with E-state index in [1.807, 2.05) is 18.5 Å². The minimum absolute atomic E-state index is 0.339. The first kappa shape index (κ1) is 20.7. The Morgan fingerprint density at radius 3 is 3.03 bits per heavy atom. The average molecular weight is 451 g/mol. The van der Waals surface area contributed by atoms with Crippen molar-refractivity contribution in [1.82, 2.24) is 9.55 Å². The Morgan fingerprint density at radius 1 is 1.34 bits per heavy atom. The first-order chi connectivity index (χ1) is 15.5. The quantitative estimate of drug-likeness (QED) is 0.469. The minimum atomic E-state index is -0.523. The lowest BCUT2D eigenvalue weighted by atomic mass is 9.78. The smallest absolute Gasteiger partial charge is 0.415 e. The van der Waals surface area contributed by atoms with Gasteiger partial charge >= 0.3 is 6.09 Å². The standard InChI is InChI=1S/C24H23ClN4O3/c1-26-17-5-8-20-22(10-17)28(15-27-20)13-16-4-3-9-24(12-16)14-29(23(30)32-24)21-11-18(31-2)6-7-19(21)25/h5-8,10-11,15-16H,3-4,9,12-14H2,2H3/t16-,24-/m0/s1. The van der Waals surface area contributed by atoms with Crippen molar-refractivity contribution in [3.63, 3.8) is 0 Å². The number of benzene rings is 2. The molecule has 0 radical (unpaired) electrons. The van der Waals surface area contributed by atoms with Crippen molar-refractivity contribution in [2.45, 2.75) is 37.8 Å². The Bertz CT molecular complexity index is 1230. The van der Waals surface area contributed by atoms with Gasteiger partial charge in [0.05, 0.1) is 48.3 Å². The van der Waals surface area contributed by atoms with E-state index in [0.717, 1.165) is 43.3 Å². The van der Waals surface area contributed by atoms with Gasteiger partial charge in [0.25, 0.3) is 0 Å². The molecule has 7 nitrogen and oxygen atoms in total. The maximum atomic E-state index is 12.8. The summed E-state index contributed by atoms with van der Waals surface area (Å²) in [5.41, 5.74) is 2.54. The summed E-state index contributed by atoms with van der Waals surface area (Å²) in [7, 11) is 1.59. The lowest BCUT2D eigenvalue weighted by Gasteiger charge is -2.36. The van der Waals surface area contributed by atoms with E-state index < -0.39 is 5.60 Å². The molecule has 1 saturated heterocycles. The van der Waals surface area contributed by atoms with Gasteiger partial charge < -0.3 is 14.0 Å². The van der Waals surface area contributed by atoms with Crippen LogP contribution < -0.4 is 9.64 Å².